The van der Waals surface area contributed by atoms with E-state index in [4.69, 9.17) is 0 Å². The zero-order valence-corrected chi connectivity index (χ0v) is 24.7. The second-order valence-corrected chi connectivity index (χ2v) is 12.2. The normalized spacial score (nSPS) is 19.8. The minimum absolute atomic E-state index is 0.144. The number of likely N-dealkylation sites (tertiary alicyclic amines) is 1. The minimum Gasteiger partial charge on any atom is -0.385 e. The number of hydrogen-bond donors (Lipinski definition) is 1. The summed E-state index contributed by atoms with van der Waals surface area (Å²) in [5.74, 6) is 1.14. The number of nitrogens with one attached hydrogen (secondary N) is 1. The highest BCUT2D eigenvalue weighted by molar-refractivity contribution is 5.70. The second kappa shape index (κ2) is 13.5. The molecule has 2 unspecified atom stereocenters. The molecule has 1 saturated heterocycles. The fourth-order valence-electron chi connectivity index (χ4n) is 6.24. The highest BCUT2D eigenvalue weighted by atomic mass is 19.4. The van der Waals surface area contributed by atoms with Gasteiger partial charge in [-0.25, -0.2) is 0 Å². The van der Waals surface area contributed by atoms with E-state index in [1.807, 2.05) is 11.8 Å². The average molecular weight is 556 g/mol. The van der Waals surface area contributed by atoms with Gasteiger partial charge in [-0.2, -0.15) is 13.2 Å². The van der Waals surface area contributed by atoms with Crippen LogP contribution in [0.3, 0.4) is 0 Å². The SMILES string of the molecule is C=C(c1ccc(-c2ccc(NCC(CC)CCN(CC)CC3(C(F)(F)F)CCC3)cc2)cc1)N1CCCC(C)C1. The Balaban J connectivity index is 1.26. The van der Waals surface area contributed by atoms with Crippen molar-refractivity contribution in [3.63, 3.8) is 0 Å². The molecule has 2 aromatic carbocycles. The van der Waals surface area contributed by atoms with Gasteiger partial charge in [0.05, 0.1) is 5.41 Å². The van der Waals surface area contributed by atoms with Gasteiger partial charge in [0, 0.05) is 37.6 Å². The number of benzene rings is 2. The lowest BCUT2D eigenvalue weighted by Gasteiger charge is -2.46. The summed E-state index contributed by atoms with van der Waals surface area (Å²) < 4.78 is 41.0. The van der Waals surface area contributed by atoms with Gasteiger partial charge < -0.3 is 15.1 Å². The third-order valence-corrected chi connectivity index (χ3v) is 9.39. The van der Waals surface area contributed by atoms with Crippen molar-refractivity contribution in [2.75, 3.05) is 44.6 Å². The topological polar surface area (TPSA) is 18.5 Å². The maximum Gasteiger partial charge on any atom is 0.395 e. The van der Waals surface area contributed by atoms with E-state index in [1.54, 1.807) is 0 Å². The van der Waals surface area contributed by atoms with Gasteiger partial charge in [-0.05, 0) is 85.9 Å². The van der Waals surface area contributed by atoms with E-state index >= 15 is 0 Å². The van der Waals surface area contributed by atoms with Crippen LogP contribution >= 0.6 is 0 Å². The number of piperidine rings is 1. The highest BCUT2D eigenvalue weighted by Crippen LogP contribution is 2.53. The number of anilines is 1. The minimum atomic E-state index is -4.10. The van der Waals surface area contributed by atoms with Crippen LogP contribution in [0.5, 0.6) is 0 Å². The first kappa shape index (κ1) is 30.5. The van der Waals surface area contributed by atoms with Crippen LogP contribution in [0.4, 0.5) is 18.9 Å². The van der Waals surface area contributed by atoms with Crippen molar-refractivity contribution in [2.24, 2.45) is 17.3 Å². The van der Waals surface area contributed by atoms with Crippen molar-refractivity contribution < 1.29 is 13.2 Å². The van der Waals surface area contributed by atoms with E-state index in [-0.39, 0.29) is 19.4 Å². The Morgan fingerprint density at radius 1 is 1.05 bits per heavy atom. The molecule has 2 atom stereocenters. The van der Waals surface area contributed by atoms with Gasteiger partial charge in [-0.1, -0.05) is 76.6 Å². The summed E-state index contributed by atoms with van der Waals surface area (Å²) in [6.07, 6.45) is 1.58. The van der Waals surface area contributed by atoms with E-state index in [0.717, 1.165) is 49.8 Å². The predicted molar refractivity (Wildman–Crippen MR) is 162 cm³/mol. The third-order valence-electron chi connectivity index (χ3n) is 9.39. The summed E-state index contributed by atoms with van der Waals surface area (Å²) in [4.78, 5) is 4.43. The van der Waals surface area contributed by atoms with Gasteiger partial charge in [0.2, 0.25) is 0 Å². The molecule has 6 heteroatoms. The monoisotopic (exact) mass is 555 g/mol. The molecule has 0 radical (unpaired) electrons. The van der Waals surface area contributed by atoms with Crippen LogP contribution < -0.4 is 5.32 Å². The quantitative estimate of drug-likeness (QED) is 0.266. The summed E-state index contributed by atoms with van der Waals surface area (Å²) in [5.41, 5.74) is 4.26. The lowest BCUT2D eigenvalue weighted by molar-refractivity contribution is -0.256. The molecule has 0 aromatic heterocycles. The van der Waals surface area contributed by atoms with E-state index < -0.39 is 11.6 Å². The Morgan fingerprint density at radius 3 is 2.23 bits per heavy atom. The predicted octanol–water partition coefficient (Wildman–Crippen LogP) is 8.94. The first-order chi connectivity index (χ1) is 19.1. The first-order valence-electron chi connectivity index (χ1n) is 15.3. The molecule has 220 valence electrons. The molecule has 1 saturated carbocycles. The summed E-state index contributed by atoms with van der Waals surface area (Å²) in [7, 11) is 0. The number of nitrogens with zero attached hydrogens (tertiary/aromatic N) is 2. The molecule has 0 amide bonds. The van der Waals surface area contributed by atoms with Gasteiger partial charge in [-0.15, -0.1) is 0 Å². The number of halogens is 3. The Labute approximate surface area is 239 Å². The van der Waals surface area contributed by atoms with Crippen LogP contribution in [0.1, 0.15) is 71.3 Å². The van der Waals surface area contributed by atoms with Crippen LogP contribution in [-0.2, 0) is 0 Å². The van der Waals surface area contributed by atoms with Crippen LogP contribution in [0.25, 0.3) is 16.8 Å². The molecule has 40 heavy (non-hydrogen) atoms. The molecular formula is C34H48F3N3. The number of rotatable bonds is 13. The second-order valence-electron chi connectivity index (χ2n) is 12.2. The molecule has 2 fully saturated rings. The standard InChI is InChI=1S/C34H48F3N3/c1-5-28(18-22-39(6-2)25-33(19-8-20-33)34(35,36)37)23-38-32-16-14-31(15-17-32)30-12-10-29(11-13-30)27(4)40-21-7-9-26(3)24-40/h10-17,26,28,38H,4-9,18-25H2,1-3H3. The molecule has 1 aliphatic heterocycles. The molecular weight excluding hydrogens is 507 g/mol. The first-order valence-corrected chi connectivity index (χ1v) is 15.3. The maximum absolute atomic E-state index is 13.7. The highest BCUT2D eigenvalue weighted by Gasteiger charge is 2.58. The Hall–Kier alpha value is -2.47. The average Bonchev–Trinajstić information content (AvgIpc) is 2.93. The molecule has 3 nitrogen and oxygen atoms in total. The van der Waals surface area contributed by atoms with Crippen molar-refractivity contribution in [1.82, 2.24) is 9.80 Å². The fourth-order valence-corrected chi connectivity index (χ4v) is 6.24. The number of alkyl halides is 3. The van der Waals surface area contributed by atoms with Crippen LogP contribution in [0.15, 0.2) is 55.1 Å². The molecule has 2 aliphatic rings. The van der Waals surface area contributed by atoms with Crippen molar-refractivity contribution in [3.05, 3.63) is 60.7 Å². The van der Waals surface area contributed by atoms with Crippen LogP contribution in [0.2, 0.25) is 0 Å². The van der Waals surface area contributed by atoms with E-state index in [2.05, 4.69) is 79.2 Å². The molecule has 0 bridgehead atoms. The molecule has 1 aliphatic carbocycles. The Bertz CT molecular complexity index is 1070. The smallest absolute Gasteiger partial charge is 0.385 e. The van der Waals surface area contributed by atoms with E-state index in [1.165, 1.54) is 29.5 Å². The molecule has 4 rings (SSSR count). The lowest BCUT2D eigenvalue weighted by Crippen LogP contribution is -2.52. The van der Waals surface area contributed by atoms with Crippen LogP contribution in [-0.4, -0.2) is 55.2 Å². The van der Waals surface area contributed by atoms with Gasteiger partial charge in [0.15, 0.2) is 0 Å². The maximum atomic E-state index is 13.7. The largest absolute Gasteiger partial charge is 0.395 e. The van der Waals surface area contributed by atoms with E-state index in [9.17, 15) is 13.2 Å². The zero-order valence-electron chi connectivity index (χ0n) is 24.7. The third kappa shape index (κ3) is 7.43. The van der Waals surface area contributed by atoms with Gasteiger partial charge in [0.1, 0.15) is 0 Å². The van der Waals surface area contributed by atoms with Crippen LogP contribution in [0, 0.1) is 17.3 Å². The van der Waals surface area contributed by atoms with Gasteiger partial charge in [-0.3, -0.25) is 0 Å². The van der Waals surface area contributed by atoms with Gasteiger partial charge >= 0.3 is 6.18 Å². The number of hydrogen-bond acceptors (Lipinski definition) is 3. The fraction of sp³-hybridized carbons (Fsp3) is 0.588. The molecule has 2 aromatic rings. The zero-order chi connectivity index (χ0) is 28.8. The lowest BCUT2D eigenvalue weighted by atomic mass is 9.67. The Kier molecular flexibility index (Phi) is 10.3. The summed E-state index contributed by atoms with van der Waals surface area (Å²) in [6, 6.07) is 17.2. The summed E-state index contributed by atoms with van der Waals surface area (Å²) in [6.45, 7) is 15.3. The summed E-state index contributed by atoms with van der Waals surface area (Å²) >= 11 is 0. The summed E-state index contributed by atoms with van der Waals surface area (Å²) in [5, 5.41) is 3.56. The Morgan fingerprint density at radius 2 is 1.70 bits per heavy atom. The molecule has 0 spiro atoms. The van der Waals surface area contributed by atoms with E-state index in [0.29, 0.717) is 25.4 Å². The molecule has 1 heterocycles. The molecule has 1 N–H and O–H groups in total. The van der Waals surface area contributed by atoms with Crippen molar-refractivity contribution >= 4 is 11.4 Å². The van der Waals surface area contributed by atoms with Crippen molar-refractivity contribution in [3.8, 4) is 11.1 Å². The van der Waals surface area contributed by atoms with Crippen molar-refractivity contribution in [2.45, 2.75) is 71.9 Å². The van der Waals surface area contributed by atoms with Crippen molar-refractivity contribution in [1.29, 1.82) is 0 Å². The van der Waals surface area contributed by atoms with Gasteiger partial charge in [0.25, 0.3) is 0 Å².